The zero-order chi connectivity index (χ0) is 19.5. The van der Waals surface area contributed by atoms with E-state index in [1.54, 1.807) is 12.1 Å². The van der Waals surface area contributed by atoms with Crippen molar-refractivity contribution < 1.29 is 17.9 Å². The number of nitrogens with one attached hydrogen (secondary N) is 1. The highest BCUT2D eigenvalue weighted by atomic mass is 32.2. The fourth-order valence-electron chi connectivity index (χ4n) is 3.00. The van der Waals surface area contributed by atoms with E-state index < -0.39 is 10.0 Å². The third-order valence-corrected chi connectivity index (χ3v) is 6.37. The van der Waals surface area contributed by atoms with E-state index in [1.165, 1.54) is 11.4 Å². The Labute approximate surface area is 157 Å². The van der Waals surface area contributed by atoms with Crippen LogP contribution in [-0.2, 0) is 14.8 Å². The molecular weight excluding hydrogens is 352 g/mol. The molecule has 1 amide bonds. The highest BCUT2D eigenvalue weighted by Crippen LogP contribution is 2.30. The lowest BCUT2D eigenvalue weighted by molar-refractivity contribution is -0.126. The molecule has 0 spiro atoms. The molecule has 0 radical (unpaired) electrons. The summed E-state index contributed by atoms with van der Waals surface area (Å²) in [6, 6.07) is 5.11. The van der Waals surface area contributed by atoms with Crippen LogP contribution in [0.3, 0.4) is 0 Å². The van der Waals surface area contributed by atoms with Gasteiger partial charge in [0.1, 0.15) is 10.6 Å². The lowest BCUT2D eigenvalue weighted by atomic mass is 9.95. The van der Waals surface area contributed by atoms with E-state index >= 15 is 0 Å². The van der Waals surface area contributed by atoms with Gasteiger partial charge in [0.05, 0.1) is 13.0 Å². The van der Waals surface area contributed by atoms with Crippen LogP contribution >= 0.6 is 0 Å². The van der Waals surface area contributed by atoms with Crippen LogP contribution in [0.1, 0.15) is 39.2 Å². The summed E-state index contributed by atoms with van der Waals surface area (Å²) in [4.78, 5) is 12.6. The Balaban J connectivity index is 2.18. The maximum atomic E-state index is 13.1. The molecule has 7 heteroatoms. The number of nitrogens with zero attached hydrogens (tertiary/aromatic N) is 1. The van der Waals surface area contributed by atoms with E-state index in [0.29, 0.717) is 31.7 Å². The molecule has 6 nitrogen and oxygen atoms in total. The second-order valence-electron chi connectivity index (χ2n) is 8.13. The van der Waals surface area contributed by atoms with Gasteiger partial charge in [-0.2, -0.15) is 4.31 Å². The minimum atomic E-state index is -3.71. The molecule has 1 N–H and O–H groups in total. The predicted molar refractivity (Wildman–Crippen MR) is 102 cm³/mol. The molecule has 0 aliphatic carbocycles. The van der Waals surface area contributed by atoms with Gasteiger partial charge in [-0.1, -0.05) is 26.8 Å². The van der Waals surface area contributed by atoms with Gasteiger partial charge in [0.15, 0.2) is 0 Å². The molecule has 26 heavy (non-hydrogen) atoms. The number of sulfonamides is 1. The summed E-state index contributed by atoms with van der Waals surface area (Å²) >= 11 is 0. The van der Waals surface area contributed by atoms with Crippen LogP contribution in [0.25, 0.3) is 0 Å². The molecule has 0 aromatic heterocycles. The third-order valence-electron chi connectivity index (χ3n) is 4.48. The molecule has 1 heterocycles. The fourth-order valence-corrected chi connectivity index (χ4v) is 4.76. The number of methoxy groups -OCH3 is 1. The number of hydrogen-bond acceptors (Lipinski definition) is 4. The first-order chi connectivity index (χ1) is 12.0. The normalized spacial score (nSPS) is 19.2. The summed E-state index contributed by atoms with van der Waals surface area (Å²) in [7, 11) is -2.25. The van der Waals surface area contributed by atoms with Gasteiger partial charge in [0.2, 0.25) is 15.9 Å². The van der Waals surface area contributed by atoms with E-state index in [9.17, 15) is 13.2 Å². The third kappa shape index (κ3) is 4.98. The molecule has 1 fully saturated rings. The maximum absolute atomic E-state index is 13.1. The summed E-state index contributed by atoms with van der Waals surface area (Å²) in [6.45, 7) is 9.19. The van der Waals surface area contributed by atoms with Crippen molar-refractivity contribution in [1.82, 2.24) is 9.62 Å². The van der Waals surface area contributed by atoms with Crippen molar-refractivity contribution >= 4 is 15.9 Å². The van der Waals surface area contributed by atoms with Crippen LogP contribution in [0.5, 0.6) is 5.75 Å². The van der Waals surface area contributed by atoms with Crippen molar-refractivity contribution in [2.75, 3.05) is 26.7 Å². The van der Waals surface area contributed by atoms with Crippen molar-refractivity contribution in [1.29, 1.82) is 0 Å². The summed E-state index contributed by atoms with van der Waals surface area (Å²) in [5.74, 6) is -0.0670. The van der Waals surface area contributed by atoms with Gasteiger partial charge in [-0.15, -0.1) is 0 Å². The molecule has 1 aliphatic heterocycles. The van der Waals surface area contributed by atoms with Gasteiger partial charge in [0, 0.05) is 19.6 Å². The van der Waals surface area contributed by atoms with Gasteiger partial charge < -0.3 is 10.1 Å². The first-order valence-corrected chi connectivity index (χ1v) is 10.4. The van der Waals surface area contributed by atoms with Gasteiger partial charge >= 0.3 is 0 Å². The van der Waals surface area contributed by atoms with Crippen LogP contribution in [0, 0.1) is 18.3 Å². The Morgan fingerprint density at radius 2 is 2.04 bits per heavy atom. The molecular formula is C19H30N2O4S. The van der Waals surface area contributed by atoms with Crippen LogP contribution in [0.15, 0.2) is 23.1 Å². The molecule has 0 unspecified atom stereocenters. The molecule has 1 aromatic carbocycles. The Bertz CT molecular complexity index is 753. The minimum absolute atomic E-state index is 0.00891. The Morgan fingerprint density at radius 3 is 2.65 bits per heavy atom. The summed E-state index contributed by atoms with van der Waals surface area (Å²) in [6.07, 6.45) is 1.37. The zero-order valence-electron chi connectivity index (χ0n) is 16.3. The van der Waals surface area contributed by atoms with Crippen LogP contribution in [0.4, 0.5) is 0 Å². The first-order valence-electron chi connectivity index (χ1n) is 8.97. The molecule has 1 atom stereocenters. The van der Waals surface area contributed by atoms with E-state index in [2.05, 4.69) is 26.1 Å². The molecule has 2 rings (SSSR count). The standard InChI is InChI=1S/C19H30N2O4S/c1-14-8-9-16(25-5)17(11-14)26(23,24)21-10-6-7-15(12-21)18(22)20-13-19(2,3)4/h8-9,11,15H,6-7,10,12-13H2,1-5H3,(H,20,22)/t15-/m1/s1. The largest absolute Gasteiger partial charge is 0.495 e. The highest BCUT2D eigenvalue weighted by molar-refractivity contribution is 7.89. The van der Waals surface area contributed by atoms with Gasteiger partial charge in [-0.3, -0.25) is 4.79 Å². The SMILES string of the molecule is COc1ccc(C)cc1S(=O)(=O)N1CCC[C@@H](C(=O)NCC(C)(C)C)C1. The number of rotatable bonds is 5. The number of carbonyl (C=O) groups is 1. The Morgan fingerprint density at radius 1 is 1.35 bits per heavy atom. The lowest BCUT2D eigenvalue weighted by Crippen LogP contribution is -2.46. The lowest BCUT2D eigenvalue weighted by Gasteiger charge is -2.32. The zero-order valence-corrected chi connectivity index (χ0v) is 17.1. The van der Waals surface area contributed by atoms with E-state index in [1.807, 2.05) is 13.0 Å². The Hall–Kier alpha value is -1.60. The van der Waals surface area contributed by atoms with Gasteiger partial charge in [-0.05, 0) is 42.9 Å². The molecule has 146 valence electrons. The topological polar surface area (TPSA) is 75.7 Å². The smallest absolute Gasteiger partial charge is 0.246 e. The van der Waals surface area contributed by atoms with Gasteiger partial charge in [-0.25, -0.2) is 8.42 Å². The second kappa shape index (κ2) is 7.96. The second-order valence-corrected chi connectivity index (χ2v) is 10.0. The number of carbonyl (C=O) groups excluding carboxylic acids is 1. The van der Waals surface area contributed by atoms with Crippen LogP contribution < -0.4 is 10.1 Å². The Kier molecular flexibility index (Phi) is 6.34. The average Bonchev–Trinajstić information content (AvgIpc) is 2.59. The highest BCUT2D eigenvalue weighted by Gasteiger charge is 2.35. The number of amides is 1. The maximum Gasteiger partial charge on any atom is 0.246 e. The van der Waals surface area contributed by atoms with E-state index in [-0.39, 0.29) is 28.7 Å². The monoisotopic (exact) mass is 382 g/mol. The average molecular weight is 383 g/mol. The number of ether oxygens (including phenoxy) is 1. The van der Waals surface area contributed by atoms with Crippen molar-refractivity contribution in [2.24, 2.45) is 11.3 Å². The summed E-state index contributed by atoms with van der Waals surface area (Å²) in [5, 5.41) is 2.95. The van der Waals surface area contributed by atoms with Crippen molar-refractivity contribution in [3.63, 3.8) is 0 Å². The summed E-state index contributed by atoms with van der Waals surface area (Å²) < 4.78 is 32.9. The molecule has 1 aliphatic rings. The number of aryl methyl sites for hydroxylation is 1. The van der Waals surface area contributed by atoms with Crippen molar-refractivity contribution in [3.8, 4) is 5.75 Å². The summed E-state index contributed by atoms with van der Waals surface area (Å²) in [5.41, 5.74) is 0.839. The van der Waals surface area contributed by atoms with Crippen LogP contribution in [0.2, 0.25) is 0 Å². The van der Waals surface area contributed by atoms with E-state index in [0.717, 1.165) is 5.56 Å². The number of benzene rings is 1. The van der Waals surface area contributed by atoms with Crippen LogP contribution in [-0.4, -0.2) is 45.4 Å². The van der Waals surface area contributed by atoms with E-state index in [4.69, 9.17) is 4.74 Å². The fraction of sp³-hybridized carbons (Fsp3) is 0.632. The molecule has 1 aromatic rings. The molecule has 0 saturated carbocycles. The number of hydrogen-bond donors (Lipinski definition) is 1. The number of piperidine rings is 1. The first kappa shape index (κ1) is 20.7. The quantitative estimate of drug-likeness (QED) is 0.849. The molecule has 1 saturated heterocycles. The van der Waals surface area contributed by atoms with Crippen molar-refractivity contribution in [3.05, 3.63) is 23.8 Å². The van der Waals surface area contributed by atoms with Crippen molar-refractivity contribution in [2.45, 2.75) is 45.4 Å². The predicted octanol–water partition coefficient (Wildman–Crippen LogP) is 2.57. The minimum Gasteiger partial charge on any atom is -0.495 e. The molecule has 0 bridgehead atoms. The van der Waals surface area contributed by atoms with Gasteiger partial charge in [0.25, 0.3) is 0 Å².